The molecule has 0 spiro atoms. The number of hydrogen-bond acceptors (Lipinski definition) is 4. The fraction of sp³-hybridized carbons (Fsp3) is 0.571. The maximum Gasteiger partial charge on any atom is 0.494 e. The topological polar surface area (TPSA) is 44.8 Å². The fourth-order valence-corrected chi connectivity index (χ4v) is 2.73. The first-order valence-electron chi connectivity index (χ1n) is 6.55. The molecule has 1 heterocycles. The lowest BCUT2D eigenvalue weighted by molar-refractivity contribution is 0.00578. The Bertz CT molecular complexity index is 526. The lowest BCUT2D eigenvalue weighted by Gasteiger charge is -2.32. The third-order valence-electron chi connectivity index (χ3n) is 4.02. The van der Waals surface area contributed by atoms with E-state index in [4.69, 9.17) is 14.0 Å². The van der Waals surface area contributed by atoms with Gasteiger partial charge in [-0.15, -0.1) is 0 Å². The third kappa shape index (κ3) is 2.64. The van der Waals surface area contributed by atoms with Crippen LogP contribution >= 0.6 is 0 Å². The van der Waals surface area contributed by atoms with Gasteiger partial charge in [0.1, 0.15) is 5.75 Å². The van der Waals surface area contributed by atoms with E-state index >= 15 is 0 Å². The van der Waals surface area contributed by atoms with Crippen molar-refractivity contribution in [3.05, 3.63) is 18.2 Å². The summed E-state index contributed by atoms with van der Waals surface area (Å²) in [7, 11) is 0.0450. The van der Waals surface area contributed by atoms with Crippen LogP contribution in [0.25, 0.3) is 0 Å². The van der Waals surface area contributed by atoms with Crippen LogP contribution in [-0.2, 0) is 20.1 Å². The van der Waals surface area contributed by atoms with Crippen LogP contribution in [0.2, 0.25) is 0 Å². The Morgan fingerprint density at radius 1 is 1.15 bits per heavy atom. The van der Waals surface area contributed by atoms with Crippen LogP contribution in [0.5, 0.6) is 5.75 Å². The van der Waals surface area contributed by atoms with Crippen LogP contribution < -0.4 is 10.2 Å². The zero-order valence-electron chi connectivity index (χ0n) is 12.9. The van der Waals surface area contributed by atoms with Crippen molar-refractivity contribution >= 4 is 23.4 Å². The standard InChI is InChI=1S/C14H21BO4S/c1-13(2)14(3,4)19-15(18-13)10-7-8-12(20(6)16)11(9-10)17-5/h7-9H,1-6H3. The summed E-state index contributed by atoms with van der Waals surface area (Å²) in [5.74, 6) is 0.595. The minimum absolute atomic E-state index is 0.378. The SMILES string of the molecule is COc1cc(B2OC(C)(C)C(C)(C)O2)ccc1S(C)=O. The maximum atomic E-state index is 11.6. The first-order chi connectivity index (χ1) is 9.18. The minimum Gasteiger partial charge on any atom is -0.496 e. The molecule has 0 aromatic heterocycles. The largest absolute Gasteiger partial charge is 0.496 e. The molecule has 1 aromatic rings. The predicted octanol–water partition coefficient (Wildman–Crippen LogP) is 1.73. The number of rotatable bonds is 3. The second-order valence-electron chi connectivity index (χ2n) is 5.95. The van der Waals surface area contributed by atoms with Crippen molar-refractivity contribution in [2.75, 3.05) is 13.4 Å². The van der Waals surface area contributed by atoms with Crippen molar-refractivity contribution in [1.29, 1.82) is 0 Å². The van der Waals surface area contributed by atoms with Gasteiger partial charge in [0, 0.05) is 6.26 Å². The molecular weight excluding hydrogens is 275 g/mol. The van der Waals surface area contributed by atoms with Gasteiger partial charge in [-0.3, -0.25) is 4.21 Å². The van der Waals surface area contributed by atoms with Crippen molar-refractivity contribution in [3.63, 3.8) is 0 Å². The van der Waals surface area contributed by atoms with Crippen LogP contribution in [0.1, 0.15) is 27.7 Å². The first-order valence-corrected chi connectivity index (χ1v) is 8.11. The Kier molecular flexibility index (Phi) is 4.02. The van der Waals surface area contributed by atoms with Crippen molar-refractivity contribution in [3.8, 4) is 5.75 Å². The van der Waals surface area contributed by atoms with E-state index in [1.165, 1.54) is 0 Å². The van der Waals surface area contributed by atoms with Gasteiger partial charge in [0.15, 0.2) is 0 Å². The van der Waals surface area contributed by atoms with Gasteiger partial charge < -0.3 is 14.0 Å². The van der Waals surface area contributed by atoms with Crippen LogP contribution in [0.15, 0.2) is 23.1 Å². The summed E-state index contributed by atoms with van der Waals surface area (Å²) in [6.45, 7) is 8.05. The van der Waals surface area contributed by atoms with Gasteiger partial charge in [0.25, 0.3) is 0 Å². The molecule has 1 saturated heterocycles. The van der Waals surface area contributed by atoms with E-state index in [0.29, 0.717) is 10.6 Å². The van der Waals surface area contributed by atoms with E-state index in [-0.39, 0.29) is 11.2 Å². The van der Waals surface area contributed by atoms with Gasteiger partial charge >= 0.3 is 7.12 Å². The van der Waals surface area contributed by atoms with Crippen molar-refractivity contribution in [1.82, 2.24) is 0 Å². The molecule has 1 aliphatic rings. The van der Waals surface area contributed by atoms with Crippen molar-refractivity contribution in [2.45, 2.75) is 43.8 Å². The monoisotopic (exact) mass is 296 g/mol. The van der Waals surface area contributed by atoms with E-state index in [1.54, 1.807) is 19.4 Å². The summed E-state index contributed by atoms with van der Waals surface area (Å²) < 4.78 is 28.9. The highest BCUT2D eigenvalue weighted by Crippen LogP contribution is 2.36. The predicted molar refractivity (Wildman–Crippen MR) is 81.0 cm³/mol. The van der Waals surface area contributed by atoms with E-state index < -0.39 is 17.9 Å². The molecule has 1 fully saturated rings. The molecule has 0 amide bonds. The van der Waals surface area contributed by atoms with Gasteiger partial charge in [-0.1, -0.05) is 6.07 Å². The summed E-state index contributed by atoms with van der Waals surface area (Å²) >= 11 is 0. The van der Waals surface area contributed by atoms with E-state index in [2.05, 4.69) is 0 Å². The molecule has 0 bridgehead atoms. The number of methoxy groups -OCH3 is 1. The van der Waals surface area contributed by atoms with Gasteiger partial charge in [-0.25, -0.2) is 0 Å². The van der Waals surface area contributed by atoms with Crippen LogP contribution in [0.3, 0.4) is 0 Å². The molecule has 0 radical (unpaired) electrons. The van der Waals surface area contributed by atoms with Gasteiger partial charge in [-0.05, 0) is 45.3 Å². The maximum absolute atomic E-state index is 11.6. The number of hydrogen-bond donors (Lipinski definition) is 0. The van der Waals surface area contributed by atoms with Gasteiger partial charge in [0.05, 0.1) is 34.0 Å². The van der Waals surface area contributed by atoms with Crippen LogP contribution in [0, 0.1) is 0 Å². The molecule has 1 aromatic carbocycles. The molecular formula is C14H21BO4S. The molecule has 0 aliphatic carbocycles. The minimum atomic E-state index is -1.09. The van der Waals surface area contributed by atoms with Gasteiger partial charge in [0.2, 0.25) is 0 Å². The molecule has 0 N–H and O–H groups in total. The third-order valence-corrected chi connectivity index (χ3v) is 4.98. The Morgan fingerprint density at radius 3 is 2.15 bits per heavy atom. The molecule has 1 atom stereocenters. The molecule has 4 nitrogen and oxygen atoms in total. The molecule has 6 heteroatoms. The highest BCUT2D eigenvalue weighted by Gasteiger charge is 2.51. The number of benzene rings is 1. The normalized spacial score (nSPS) is 21.8. The van der Waals surface area contributed by atoms with Crippen molar-refractivity contribution in [2.24, 2.45) is 0 Å². The summed E-state index contributed by atoms with van der Waals surface area (Å²) in [5.41, 5.74) is 0.114. The Hall–Kier alpha value is -0.845. The molecule has 1 unspecified atom stereocenters. The fourth-order valence-electron chi connectivity index (χ4n) is 2.05. The number of ether oxygens (including phenoxy) is 1. The molecule has 110 valence electrons. The summed E-state index contributed by atoms with van der Waals surface area (Å²) in [6.07, 6.45) is 1.63. The molecule has 20 heavy (non-hydrogen) atoms. The second-order valence-corrected chi connectivity index (χ2v) is 7.30. The molecule has 1 aliphatic heterocycles. The average Bonchev–Trinajstić information content (AvgIpc) is 2.57. The van der Waals surface area contributed by atoms with Gasteiger partial charge in [-0.2, -0.15) is 0 Å². The Morgan fingerprint density at radius 2 is 1.70 bits per heavy atom. The van der Waals surface area contributed by atoms with Crippen molar-refractivity contribution < 1.29 is 18.3 Å². The smallest absolute Gasteiger partial charge is 0.494 e. The Balaban J connectivity index is 2.34. The quantitative estimate of drug-likeness (QED) is 0.797. The zero-order valence-corrected chi connectivity index (χ0v) is 13.7. The average molecular weight is 296 g/mol. The highest BCUT2D eigenvalue weighted by atomic mass is 32.2. The molecule has 0 saturated carbocycles. The first kappa shape index (κ1) is 15.5. The summed E-state index contributed by atoms with van der Waals surface area (Å²) in [6, 6.07) is 5.51. The Labute approximate surface area is 123 Å². The van der Waals surface area contributed by atoms with E-state index in [1.807, 2.05) is 39.8 Å². The lowest BCUT2D eigenvalue weighted by atomic mass is 9.79. The van der Waals surface area contributed by atoms with E-state index in [9.17, 15) is 4.21 Å². The molecule has 2 rings (SSSR count). The van der Waals surface area contributed by atoms with Crippen LogP contribution in [0.4, 0.5) is 0 Å². The second kappa shape index (κ2) is 5.17. The lowest BCUT2D eigenvalue weighted by Crippen LogP contribution is -2.41. The highest BCUT2D eigenvalue weighted by molar-refractivity contribution is 7.84. The van der Waals surface area contributed by atoms with Crippen LogP contribution in [-0.4, -0.2) is 35.9 Å². The van der Waals surface area contributed by atoms with E-state index in [0.717, 1.165) is 5.46 Å². The summed E-state index contributed by atoms with van der Waals surface area (Å²) in [4.78, 5) is 0.674. The summed E-state index contributed by atoms with van der Waals surface area (Å²) in [5, 5.41) is 0. The zero-order chi connectivity index (χ0) is 15.1.